The molecule has 1 atom stereocenters. The number of hydrogen-bond donors (Lipinski definition) is 0. The third-order valence-electron chi connectivity index (χ3n) is 3.11. The molecular weight excluding hydrogens is 332 g/mol. The minimum atomic E-state index is -1.32. The van der Waals surface area contributed by atoms with Gasteiger partial charge in [-0.1, -0.05) is 10.5 Å². The first-order valence-electron chi connectivity index (χ1n) is 7.03. The van der Waals surface area contributed by atoms with Gasteiger partial charge in [0.1, 0.15) is 16.1 Å². The first-order valence-corrected chi connectivity index (χ1v) is 9.08. The van der Waals surface area contributed by atoms with Gasteiger partial charge in [0.15, 0.2) is 0 Å². The molecule has 1 aromatic carbocycles. The Morgan fingerprint density at radius 2 is 2.09 bits per heavy atom. The smallest absolute Gasteiger partial charge is 0.277 e. The summed E-state index contributed by atoms with van der Waals surface area (Å²) in [6, 6.07) is 7.01. The Bertz CT molecular complexity index is 707. The van der Waals surface area contributed by atoms with Gasteiger partial charge in [-0.2, -0.15) is 11.3 Å². The van der Waals surface area contributed by atoms with Crippen LogP contribution in [0.1, 0.15) is 26.3 Å². The van der Waals surface area contributed by atoms with Crippen molar-refractivity contribution in [1.29, 1.82) is 0 Å². The number of benzene rings is 1. The monoisotopic (exact) mass is 350 g/mol. The molecule has 5 nitrogen and oxygen atoms in total. The van der Waals surface area contributed by atoms with Crippen LogP contribution in [0.5, 0.6) is 0 Å². The van der Waals surface area contributed by atoms with Crippen LogP contribution >= 0.6 is 11.3 Å². The highest BCUT2D eigenvalue weighted by atomic mass is 32.2. The van der Waals surface area contributed by atoms with Crippen molar-refractivity contribution in [3.05, 3.63) is 50.7 Å². The van der Waals surface area contributed by atoms with Crippen molar-refractivity contribution in [3.8, 4) is 11.1 Å². The first-order chi connectivity index (χ1) is 10.8. The highest BCUT2D eigenvalue weighted by molar-refractivity contribution is 7.91. The number of thiophene rings is 1. The van der Waals surface area contributed by atoms with Gasteiger partial charge in [0.25, 0.3) is 5.69 Å². The second kappa shape index (κ2) is 7.25. The van der Waals surface area contributed by atoms with Crippen molar-refractivity contribution in [2.24, 2.45) is 4.40 Å². The Kier molecular flexibility index (Phi) is 5.56. The van der Waals surface area contributed by atoms with Crippen LogP contribution in [0.3, 0.4) is 0 Å². The summed E-state index contributed by atoms with van der Waals surface area (Å²) in [4.78, 5) is 10.9. The molecular formula is C16H18N2O3S2. The van der Waals surface area contributed by atoms with E-state index in [9.17, 15) is 14.7 Å². The first kappa shape index (κ1) is 17.7. The topological polar surface area (TPSA) is 78.6 Å². The summed E-state index contributed by atoms with van der Waals surface area (Å²) in [7, 11) is 0. The van der Waals surface area contributed by atoms with E-state index in [1.807, 2.05) is 43.7 Å². The molecule has 2 aromatic rings. The molecule has 0 aliphatic rings. The van der Waals surface area contributed by atoms with Crippen LogP contribution in [0.25, 0.3) is 11.1 Å². The van der Waals surface area contributed by atoms with Crippen LogP contribution in [0, 0.1) is 10.1 Å². The molecule has 0 radical (unpaired) electrons. The zero-order chi connectivity index (χ0) is 17.0. The van der Waals surface area contributed by atoms with Gasteiger partial charge in [-0.05, 0) is 54.8 Å². The van der Waals surface area contributed by atoms with Gasteiger partial charge >= 0.3 is 0 Å². The molecule has 0 saturated heterocycles. The van der Waals surface area contributed by atoms with E-state index in [2.05, 4.69) is 4.40 Å². The Labute approximate surface area is 142 Å². The van der Waals surface area contributed by atoms with E-state index in [4.69, 9.17) is 0 Å². The van der Waals surface area contributed by atoms with Crippen LogP contribution in [-0.4, -0.2) is 20.4 Å². The molecule has 23 heavy (non-hydrogen) atoms. The van der Waals surface area contributed by atoms with E-state index in [0.29, 0.717) is 12.0 Å². The van der Waals surface area contributed by atoms with Crippen LogP contribution in [0.2, 0.25) is 0 Å². The summed E-state index contributed by atoms with van der Waals surface area (Å²) in [6.45, 7) is 5.54. The number of rotatable bonds is 5. The molecule has 0 bridgehead atoms. The van der Waals surface area contributed by atoms with Crippen molar-refractivity contribution in [3.63, 3.8) is 0 Å². The maximum atomic E-state index is 11.8. The van der Waals surface area contributed by atoms with Crippen molar-refractivity contribution in [2.45, 2.75) is 31.9 Å². The molecule has 0 aliphatic heterocycles. The zero-order valence-electron chi connectivity index (χ0n) is 13.2. The summed E-state index contributed by atoms with van der Waals surface area (Å²) in [6.07, 6.45) is 1.97. The molecule has 0 amide bonds. The fourth-order valence-corrected chi connectivity index (χ4v) is 3.07. The van der Waals surface area contributed by atoms with Gasteiger partial charge in [0, 0.05) is 12.5 Å². The molecule has 0 fully saturated rings. The maximum absolute atomic E-state index is 11.8. The van der Waals surface area contributed by atoms with Crippen molar-refractivity contribution in [1.82, 2.24) is 0 Å². The molecule has 0 N–H and O–H groups in total. The highest BCUT2D eigenvalue weighted by Crippen LogP contribution is 2.32. The Balaban J connectivity index is 2.20. The van der Waals surface area contributed by atoms with E-state index in [1.165, 1.54) is 11.3 Å². The minimum absolute atomic E-state index is 0.0752. The van der Waals surface area contributed by atoms with Gasteiger partial charge in [0.2, 0.25) is 0 Å². The van der Waals surface area contributed by atoms with E-state index in [-0.39, 0.29) is 10.6 Å². The highest BCUT2D eigenvalue weighted by Gasteiger charge is 2.25. The molecule has 122 valence electrons. The standard InChI is InChI=1S/C16H18N2O3S2/c1-16(2,3)23(21)17-8-6-12-4-5-14(13-7-9-22-11-13)15(10-12)18(19)20/h4-5,7-11H,6H2,1-3H3. The molecule has 0 spiro atoms. The van der Waals surface area contributed by atoms with E-state index < -0.39 is 16.1 Å². The molecule has 1 heterocycles. The summed E-state index contributed by atoms with van der Waals surface area (Å²) >= 11 is 0.184. The van der Waals surface area contributed by atoms with E-state index in [1.54, 1.807) is 18.3 Å². The lowest BCUT2D eigenvalue weighted by molar-refractivity contribution is -0.384. The van der Waals surface area contributed by atoms with Crippen molar-refractivity contribution in [2.75, 3.05) is 0 Å². The quantitative estimate of drug-likeness (QED) is 0.347. The second-order valence-electron chi connectivity index (χ2n) is 5.97. The van der Waals surface area contributed by atoms with Crippen LogP contribution in [0.15, 0.2) is 39.4 Å². The minimum Gasteiger partial charge on any atom is -0.591 e. The molecule has 2 rings (SSSR count). The fraction of sp³-hybridized carbons (Fsp3) is 0.312. The van der Waals surface area contributed by atoms with Gasteiger partial charge in [-0.15, -0.1) is 0 Å². The summed E-state index contributed by atoms with van der Waals surface area (Å²) < 4.78 is 15.5. The number of nitrogens with zero attached hydrogens (tertiary/aromatic N) is 2. The fourth-order valence-electron chi connectivity index (χ4n) is 1.89. The predicted molar refractivity (Wildman–Crippen MR) is 96.5 cm³/mol. The number of hydrogen-bond acceptors (Lipinski definition) is 5. The largest absolute Gasteiger partial charge is 0.591 e. The molecule has 0 aliphatic carbocycles. The lowest BCUT2D eigenvalue weighted by Crippen LogP contribution is -2.25. The van der Waals surface area contributed by atoms with Gasteiger partial charge < -0.3 is 4.55 Å². The predicted octanol–water partition coefficient (Wildman–Crippen LogP) is 4.40. The number of nitro benzene ring substituents is 1. The molecule has 1 unspecified atom stereocenters. The number of nitro groups is 1. The Hall–Kier alpha value is -1.70. The van der Waals surface area contributed by atoms with Gasteiger partial charge in [-0.25, -0.2) is 0 Å². The normalized spacial score (nSPS) is 13.4. The van der Waals surface area contributed by atoms with Gasteiger partial charge in [-0.3, -0.25) is 10.1 Å². The Morgan fingerprint density at radius 1 is 1.35 bits per heavy atom. The zero-order valence-corrected chi connectivity index (χ0v) is 14.8. The third kappa shape index (κ3) is 4.63. The van der Waals surface area contributed by atoms with Crippen LogP contribution < -0.4 is 0 Å². The lowest BCUT2D eigenvalue weighted by atomic mass is 10.0. The van der Waals surface area contributed by atoms with E-state index >= 15 is 0 Å². The SMILES string of the molecule is CC(C)(C)[S+]([O-])N=CCc1ccc(-c2ccsc2)c([N+](=O)[O-])c1. The lowest BCUT2D eigenvalue weighted by Gasteiger charge is -2.17. The van der Waals surface area contributed by atoms with Crippen LogP contribution in [0.4, 0.5) is 5.69 Å². The Morgan fingerprint density at radius 3 is 2.65 bits per heavy atom. The van der Waals surface area contributed by atoms with E-state index in [0.717, 1.165) is 11.1 Å². The summed E-state index contributed by atoms with van der Waals surface area (Å²) in [5.41, 5.74) is 2.29. The summed E-state index contributed by atoms with van der Waals surface area (Å²) in [5.74, 6) is 0. The maximum Gasteiger partial charge on any atom is 0.277 e. The molecule has 1 aromatic heterocycles. The average molecular weight is 350 g/mol. The van der Waals surface area contributed by atoms with Gasteiger partial charge in [0.05, 0.1) is 16.7 Å². The van der Waals surface area contributed by atoms with Crippen molar-refractivity contribution < 1.29 is 9.48 Å². The third-order valence-corrected chi connectivity index (χ3v) is 5.18. The average Bonchev–Trinajstić information content (AvgIpc) is 3.00. The summed E-state index contributed by atoms with van der Waals surface area (Å²) in [5, 5.41) is 15.1. The van der Waals surface area contributed by atoms with Crippen molar-refractivity contribution >= 4 is 34.6 Å². The van der Waals surface area contributed by atoms with Crippen LogP contribution in [-0.2, 0) is 17.8 Å². The second-order valence-corrected chi connectivity index (χ2v) is 8.69. The molecule has 0 saturated carbocycles. The molecule has 7 heteroatoms.